The predicted molar refractivity (Wildman–Crippen MR) is 67.1 cm³/mol. The van der Waals surface area contributed by atoms with Crippen LogP contribution in [0, 0.1) is 0 Å². The number of likely N-dealkylation sites (N-methyl/N-ethyl adjacent to an activating group) is 1. The molecule has 2 aromatic rings. The number of H-pyrrole nitrogens is 1. The highest BCUT2D eigenvalue weighted by Crippen LogP contribution is 2.20. The van der Waals surface area contributed by atoms with Crippen LogP contribution in [0.15, 0.2) is 30.5 Å². The summed E-state index contributed by atoms with van der Waals surface area (Å²) in [6, 6.07) is 7.68. The number of rotatable bonds is 4. The molecule has 17 heavy (non-hydrogen) atoms. The molecule has 4 nitrogen and oxygen atoms in total. The fraction of sp³-hybridized carbons (Fsp3) is 0.308. The Morgan fingerprint density at radius 2 is 2.29 bits per heavy atom. The van der Waals surface area contributed by atoms with Crippen LogP contribution in [-0.2, 0) is 4.79 Å². The molecule has 2 rings (SSSR count). The van der Waals surface area contributed by atoms with Crippen molar-refractivity contribution in [3.05, 3.63) is 30.5 Å². The first-order chi connectivity index (χ1) is 8.20. The molecule has 0 fully saturated rings. The van der Waals surface area contributed by atoms with Crippen LogP contribution in [0.4, 0.5) is 0 Å². The lowest BCUT2D eigenvalue weighted by Gasteiger charge is -2.13. The van der Waals surface area contributed by atoms with Gasteiger partial charge in [-0.25, -0.2) is 0 Å². The molecule has 1 aromatic carbocycles. The molecule has 1 heterocycles. The first-order valence-electron chi connectivity index (χ1n) is 5.72. The van der Waals surface area contributed by atoms with E-state index >= 15 is 0 Å². The summed E-state index contributed by atoms with van der Waals surface area (Å²) in [5.74, 6) is 0.609. The quantitative estimate of drug-likeness (QED) is 0.847. The van der Waals surface area contributed by atoms with Gasteiger partial charge in [0.1, 0.15) is 5.75 Å². The predicted octanol–water partition coefficient (Wildman–Crippen LogP) is 2.07. The van der Waals surface area contributed by atoms with E-state index < -0.39 is 6.10 Å². The molecule has 1 unspecified atom stereocenters. The number of aromatic amines is 1. The highest BCUT2D eigenvalue weighted by molar-refractivity contribution is 5.82. The van der Waals surface area contributed by atoms with Crippen molar-refractivity contribution >= 4 is 16.8 Å². The maximum atomic E-state index is 11.5. The molecule has 0 bridgehead atoms. The summed E-state index contributed by atoms with van der Waals surface area (Å²) >= 11 is 0. The van der Waals surface area contributed by atoms with Gasteiger partial charge >= 0.3 is 0 Å². The number of carbonyl (C=O) groups excluding carboxylic acids is 1. The second-order valence-corrected chi connectivity index (χ2v) is 3.88. The number of benzene rings is 1. The summed E-state index contributed by atoms with van der Waals surface area (Å²) in [7, 11) is 0. The lowest BCUT2D eigenvalue weighted by atomic mass is 10.2. The van der Waals surface area contributed by atoms with Crippen LogP contribution in [-0.4, -0.2) is 23.5 Å². The summed E-state index contributed by atoms with van der Waals surface area (Å²) in [6.07, 6.45) is 1.40. The molecule has 1 amide bonds. The maximum Gasteiger partial charge on any atom is 0.260 e. The van der Waals surface area contributed by atoms with E-state index in [1.165, 1.54) is 0 Å². The lowest BCUT2D eigenvalue weighted by Crippen LogP contribution is -2.36. The maximum absolute atomic E-state index is 11.5. The van der Waals surface area contributed by atoms with Crippen LogP contribution in [0.3, 0.4) is 0 Å². The van der Waals surface area contributed by atoms with Gasteiger partial charge in [0.15, 0.2) is 6.10 Å². The summed E-state index contributed by atoms with van der Waals surface area (Å²) in [6.45, 7) is 4.24. The van der Waals surface area contributed by atoms with E-state index in [4.69, 9.17) is 4.74 Å². The Balaban J connectivity index is 2.09. The minimum absolute atomic E-state index is 0.0957. The smallest absolute Gasteiger partial charge is 0.260 e. The molecular formula is C13H16N2O2. The Morgan fingerprint density at radius 1 is 1.47 bits per heavy atom. The molecule has 4 heteroatoms. The number of nitrogens with one attached hydrogen (secondary N) is 2. The molecule has 90 valence electrons. The molecule has 0 spiro atoms. The van der Waals surface area contributed by atoms with Crippen LogP contribution in [0.1, 0.15) is 13.8 Å². The first-order valence-corrected chi connectivity index (χ1v) is 5.72. The van der Waals surface area contributed by atoms with Gasteiger partial charge in [-0.3, -0.25) is 4.79 Å². The van der Waals surface area contributed by atoms with Crippen molar-refractivity contribution in [1.29, 1.82) is 0 Å². The number of hydrogen-bond donors (Lipinski definition) is 2. The van der Waals surface area contributed by atoms with Crippen molar-refractivity contribution in [2.24, 2.45) is 0 Å². The molecular weight excluding hydrogens is 216 g/mol. The Labute approximate surface area is 100.0 Å². The second kappa shape index (κ2) is 4.91. The van der Waals surface area contributed by atoms with Gasteiger partial charge in [0.25, 0.3) is 5.91 Å². The Kier molecular flexibility index (Phi) is 3.32. The van der Waals surface area contributed by atoms with E-state index in [-0.39, 0.29) is 5.91 Å². The summed E-state index contributed by atoms with van der Waals surface area (Å²) in [5, 5.41) is 3.80. The molecule has 0 radical (unpaired) electrons. The van der Waals surface area contributed by atoms with Crippen molar-refractivity contribution in [3.8, 4) is 5.75 Å². The van der Waals surface area contributed by atoms with Crippen molar-refractivity contribution in [1.82, 2.24) is 10.3 Å². The zero-order valence-corrected chi connectivity index (χ0v) is 9.99. The van der Waals surface area contributed by atoms with E-state index in [0.29, 0.717) is 12.3 Å². The third-order valence-electron chi connectivity index (χ3n) is 2.56. The third-order valence-corrected chi connectivity index (χ3v) is 2.56. The Morgan fingerprint density at radius 3 is 3.06 bits per heavy atom. The van der Waals surface area contributed by atoms with Crippen LogP contribution >= 0.6 is 0 Å². The fourth-order valence-corrected chi connectivity index (χ4v) is 1.68. The number of amides is 1. The van der Waals surface area contributed by atoms with Crippen LogP contribution in [0.25, 0.3) is 10.9 Å². The fourth-order valence-electron chi connectivity index (χ4n) is 1.68. The molecule has 1 aromatic heterocycles. The van der Waals surface area contributed by atoms with Crippen molar-refractivity contribution in [2.45, 2.75) is 20.0 Å². The molecule has 0 aliphatic heterocycles. The lowest BCUT2D eigenvalue weighted by molar-refractivity contribution is -0.127. The molecule has 0 saturated carbocycles. The number of carbonyl (C=O) groups is 1. The van der Waals surface area contributed by atoms with Gasteiger partial charge in [-0.1, -0.05) is 0 Å². The molecule has 2 N–H and O–H groups in total. The zero-order chi connectivity index (χ0) is 12.3. The number of ether oxygens (including phenoxy) is 1. The van der Waals surface area contributed by atoms with Crippen molar-refractivity contribution in [3.63, 3.8) is 0 Å². The molecule has 0 aliphatic carbocycles. The van der Waals surface area contributed by atoms with Gasteiger partial charge < -0.3 is 15.0 Å². The standard InChI is InChI=1S/C13H16N2O2/c1-3-14-13(16)9(2)17-11-4-5-12-10(8-11)6-7-15-12/h4-9,15H,3H2,1-2H3,(H,14,16). The molecule has 1 atom stereocenters. The minimum atomic E-state index is -0.480. The van der Waals surface area contributed by atoms with Gasteiger partial charge in [0.05, 0.1) is 0 Å². The number of fused-ring (bicyclic) bond motifs is 1. The van der Waals surface area contributed by atoms with E-state index in [1.807, 2.05) is 37.4 Å². The van der Waals surface area contributed by atoms with Crippen LogP contribution < -0.4 is 10.1 Å². The highest BCUT2D eigenvalue weighted by atomic mass is 16.5. The average Bonchev–Trinajstić information content (AvgIpc) is 2.76. The minimum Gasteiger partial charge on any atom is -0.481 e. The Bertz CT molecular complexity index is 519. The van der Waals surface area contributed by atoms with E-state index in [2.05, 4.69) is 10.3 Å². The van der Waals surface area contributed by atoms with E-state index in [9.17, 15) is 4.79 Å². The van der Waals surface area contributed by atoms with E-state index in [1.54, 1.807) is 6.92 Å². The monoisotopic (exact) mass is 232 g/mol. The topological polar surface area (TPSA) is 54.1 Å². The van der Waals surface area contributed by atoms with Crippen molar-refractivity contribution in [2.75, 3.05) is 6.54 Å². The third kappa shape index (κ3) is 2.58. The molecule has 0 saturated heterocycles. The first kappa shape index (κ1) is 11.5. The average molecular weight is 232 g/mol. The van der Waals surface area contributed by atoms with Gasteiger partial charge in [-0.2, -0.15) is 0 Å². The number of aromatic nitrogens is 1. The number of hydrogen-bond acceptors (Lipinski definition) is 2. The Hall–Kier alpha value is -1.97. The SMILES string of the molecule is CCNC(=O)C(C)Oc1ccc2[nH]ccc2c1. The van der Waals surface area contributed by atoms with Gasteiger partial charge in [0.2, 0.25) is 0 Å². The summed E-state index contributed by atoms with van der Waals surface area (Å²) < 4.78 is 5.58. The second-order valence-electron chi connectivity index (χ2n) is 3.88. The van der Waals surface area contributed by atoms with Gasteiger partial charge in [-0.15, -0.1) is 0 Å². The molecule has 0 aliphatic rings. The van der Waals surface area contributed by atoms with Crippen LogP contribution in [0.2, 0.25) is 0 Å². The van der Waals surface area contributed by atoms with Gasteiger partial charge in [0, 0.05) is 23.6 Å². The van der Waals surface area contributed by atoms with Crippen LogP contribution in [0.5, 0.6) is 5.75 Å². The zero-order valence-electron chi connectivity index (χ0n) is 9.99. The summed E-state index contributed by atoms with van der Waals surface area (Å²) in [4.78, 5) is 14.6. The van der Waals surface area contributed by atoms with Crippen molar-refractivity contribution < 1.29 is 9.53 Å². The largest absolute Gasteiger partial charge is 0.481 e. The van der Waals surface area contributed by atoms with E-state index in [0.717, 1.165) is 10.9 Å². The highest BCUT2D eigenvalue weighted by Gasteiger charge is 2.13. The normalized spacial score (nSPS) is 12.4. The van der Waals surface area contributed by atoms with Gasteiger partial charge in [-0.05, 0) is 38.1 Å². The summed E-state index contributed by atoms with van der Waals surface area (Å²) in [5.41, 5.74) is 1.06.